The summed E-state index contributed by atoms with van der Waals surface area (Å²) in [4.78, 5) is 13.3. The van der Waals surface area contributed by atoms with Gasteiger partial charge in [0, 0.05) is 19.7 Å². The summed E-state index contributed by atoms with van der Waals surface area (Å²) in [6.07, 6.45) is 4.21. The number of hydrogen-bond donors (Lipinski definition) is 0. The summed E-state index contributed by atoms with van der Waals surface area (Å²) >= 11 is 0. The Balaban J connectivity index is 2.19. The van der Waals surface area contributed by atoms with Crippen LogP contribution in [-0.2, 0) is 14.3 Å². The molecule has 1 unspecified atom stereocenters. The van der Waals surface area contributed by atoms with Gasteiger partial charge in [0.15, 0.2) is 0 Å². The van der Waals surface area contributed by atoms with Crippen molar-refractivity contribution in [3.05, 3.63) is 0 Å². The molecule has 1 aliphatic heterocycles. The molecule has 1 rings (SSSR count). The van der Waals surface area contributed by atoms with E-state index in [1.165, 1.54) is 7.11 Å². The Morgan fingerprint density at radius 1 is 1.50 bits per heavy atom. The van der Waals surface area contributed by atoms with E-state index >= 15 is 0 Å². The molecular weight excluding hydrogens is 206 g/mol. The van der Waals surface area contributed by atoms with Gasteiger partial charge in [-0.05, 0) is 25.8 Å². The van der Waals surface area contributed by atoms with Crippen molar-refractivity contribution < 1.29 is 14.3 Å². The number of ether oxygens (including phenoxy) is 2. The summed E-state index contributed by atoms with van der Waals surface area (Å²) in [5.41, 5.74) is 0. The minimum atomic E-state index is -0.128. The van der Waals surface area contributed by atoms with Gasteiger partial charge < -0.3 is 14.4 Å². The fourth-order valence-electron chi connectivity index (χ4n) is 1.99. The lowest BCUT2D eigenvalue weighted by molar-refractivity contribution is -0.141. The first-order valence-electron chi connectivity index (χ1n) is 6.17. The number of carbonyl (C=O) groups excluding carboxylic acids is 1. The monoisotopic (exact) mass is 229 g/mol. The quantitative estimate of drug-likeness (QED) is 0.646. The van der Waals surface area contributed by atoms with Crippen LogP contribution in [0.2, 0.25) is 0 Å². The van der Waals surface area contributed by atoms with Crippen molar-refractivity contribution in [1.29, 1.82) is 0 Å². The Kier molecular flexibility index (Phi) is 6.42. The van der Waals surface area contributed by atoms with Crippen molar-refractivity contribution in [2.45, 2.75) is 38.7 Å². The van der Waals surface area contributed by atoms with E-state index in [0.717, 1.165) is 45.5 Å². The van der Waals surface area contributed by atoms with Crippen molar-refractivity contribution in [3.63, 3.8) is 0 Å². The van der Waals surface area contributed by atoms with Gasteiger partial charge in [-0.1, -0.05) is 6.92 Å². The van der Waals surface area contributed by atoms with Crippen LogP contribution in [-0.4, -0.2) is 50.3 Å². The highest BCUT2D eigenvalue weighted by Crippen LogP contribution is 2.13. The van der Waals surface area contributed by atoms with E-state index in [2.05, 4.69) is 16.6 Å². The van der Waals surface area contributed by atoms with Crippen LogP contribution in [0.3, 0.4) is 0 Å². The maximum atomic E-state index is 11.0. The Hall–Kier alpha value is -0.610. The van der Waals surface area contributed by atoms with Gasteiger partial charge in [0.25, 0.3) is 0 Å². The summed E-state index contributed by atoms with van der Waals surface area (Å²) in [5, 5.41) is 0. The maximum Gasteiger partial charge on any atom is 0.306 e. The number of methoxy groups -OCH3 is 1. The van der Waals surface area contributed by atoms with Crippen molar-refractivity contribution in [2.24, 2.45) is 0 Å². The first-order chi connectivity index (χ1) is 7.76. The van der Waals surface area contributed by atoms with Crippen LogP contribution >= 0.6 is 0 Å². The lowest BCUT2D eigenvalue weighted by atomic mass is 10.1. The van der Waals surface area contributed by atoms with Crippen LogP contribution < -0.4 is 0 Å². The van der Waals surface area contributed by atoms with Crippen molar-refractivity contribution >= 4 is 5.97 Å². The van der Waals surface area contributed by atoms with Crippen LogP contribution in [0.4, 0.5) is 0 Å². The average molecular weight is 229 g/mol. The topological polar surface area (TPSA) is 38.8 Å². The first kappa shape index (κ1) is 13.5. The third kappa shape index (κ3) is 4.94. The SMILES string of the molecule is CCCOC1CCCN(CCC(=O)OC)C1. The maximum absolute atomic E-state index is 11.0. The third-order valence-corrected chi connectivity index (χ3v) is 2.88. The molecule has 0 bridgehead atoms. The van der Waals surface area contributed by atoms with Gasteiger partial charge in [0.05, 0.1) is 19.6 Å². The fourth-order valence-corrected chi connectivity index (χ4v) is 1.99. The van der Waals surface area contributed by atoms with E-state index in [1.54, 1.807) is 0 Å². The molecule has 1 saturated heterocycles. The first-order valence-corrected chi connectivity index (χ1v) is 6.17. The van der Waals surface area contributed by atoms with E-state index in [4.69, 9.17) is 4.74 Å². The Bertz CT molecular complexity index is 208. The van der Waals surface area contributed by atoms with Crippen LogP contribution in [0.1, 0.15) is 32.6 Å². The molecule has 1 atom stereocenters. The van der Waals surface area contributed by atoms with Gasteiger partial charge in [-0.15, -0.1) is 0 Å². The van der Waals surface area contributed by atoms with Gasteiger partial charge in [0.2, 0.25) is 0 Å². The second-order valence-electron chi connectivity index (χ2n) is 4.26. The number of nitrogens with zero attached hydrogens (tertiary/aromatic N) is 1. The van der Waals surface area contributed by atoms with Crippen molar-refractivity contribution in [2.75, 3.05) is 33.4 Å². The normalized spacial score (nSPS) is 22.0. The van der Waals surface area contributed by atoms with Crippen LogP contribution in [0.5, 0.6) is 0 Å². The Labute approximate surface area is 97.9 Å². The van der Waals surface area contributed by atoms with Gasteiger partial charge in [-0.3, -0.25) is 4.79 Å². The second kappa shape index (κ2) is 7.63. The lowest BCUT2D eigenvalue weighted by Gasteiger charge is -2.32. The highest BCUT2D eigenvalue weighted by atomic mass is 16.5. The van der Waals surface area contributed by atoms with Crippen molar-refractivity contribution in [3.8, 4) is 0 Å². The minimum absolute atomic E-state index is 0.128. The van der Waals surface area contributed by atoms with Crippen LogP contribution in [0, 0.1) is 0 Å². The number of piperidine rings is 1. The minimum Gasteiger partial charge on any atom is -0.469 e. The van der Waals surface area contributed by atoms with Gasteiger partial charge in [-0.2, -0.15) is 0 Å². The molecule has 0 N–H and O–H groups in total. The van der Waals surface area contributed by atoms with Gasteiger partial charge >= 0.3 is 5.97 Å². The van der Waals surface area contributed by atoms with E-state index in [-0.39, 0.29) is 5.97 Å². The summed E-state index contributed by atoms with van der Waals surface area (Å²) in [5.74, 6) is -0.128. The molecule has 1 aliphatic rings. The van der Waals surface area contributed by atoms with E-state index in [1.807, 2.05) is 0 Å². The molecule has 4 nitrogen and oxygen atoms in total. The molecule has 0 aromatic rings. The summed E-state index contributed by atoms with van der Waals surface area (Å²) in [6, 6.07) is 0. The zero-order valence-electron chi connectivity index (χ0n) is 10.4. The summed E-state index contributed by atoms with van der Waals surface area (Å²) in [6.45, 7) is 5.78. The highest BCUT2D eigenvalue weighted by molar-refractivity contribution is 5.69. The predicted octanol–water partition coefficient (Wildman–Crippen LogP) is 1.44. The zero-order chi connectivity index (χ0) is 11.8. The number of carbonyl (C=O) groups is 1. The third-order valence-electron chi connectivity index (χ3n) is 2.88. The molecule has 0 saturated carbocycles. The summed E-state index contributed by atoms with van der Waals surface area (Å²) in [7, 11) is 1.44. The molecule has 0 radical (unpaired) electrons. The molecule has 0 aliphatic carbocycles. The largest absolute Gasteiger partial charge is 0.469 e. The fraction of sp³-hybridized carbons (Fsp3) is 0.917. The van der Waals surface area contributed by atoms with E-state index in [9.17, 15) is 4.79 Å². The van der Waals surface area contributed by atoms with E-state index < -0.39 is 0 Å². The number of likely N-dealkylation sites (tertiary alicyclic amines) is 1. The highest BCUT2D eigenvalue weighted by Gasteiger charge is 2.20. The number of esters is 1. The summed E-state index contributed by atoms with van der Waals surface area (Å²) < 4.78 is 10.4. The zero-order valence-corrected chi connectivity index (χ0v) is 10.4. The molecule has 4 heteroatoms. The molecule has 0 spiro atoms. The van der Waals surface area contributed by atoms with E-state index in [0.29, 0.717) is 12.5 Å². The number of rotatable bonds is 6. The van der Waals surface area contributed by atoms with Crippen molar-refractivity contribution in [1.82, 2.24) is 4.90 Å². The molecular formula is C12H23NO3. The molecule has 16 heavy (non-hydrogen) atoms. The molecule has 0 aromatic heterocycles. The van der Waals surface area contributed by atoms with Crippen LogP contribution in [0.15, 0.2) is 0 Å². The smallest absolute Gasteiger partial charge is 0.306 e. The van der Waals surface area contributed by atoms with Crippen LogP contribution in [0.25, 0.3) is 0 Å². The standard InChI is InChI=1S/C12H23NO3/c1-3-9-16-11-5-4-7-13(10-11)8-6-12(14)15-2/h11H,3-10H2,1-2H3. The molecule has 1 fully saturated rings. The van der Waals surface area contributed by atoms with Gasteiger partial charge in [-0.25, -0.2) is 0 Å². The average Bonchev–Trinajstić information content (AvgIpc) is 2.34. The second-order valence-corrected chi connectivity index (χ2v) is 4.26. The predicted molar refractivity (Wildman–Crippen MR) is 62.3 cm³/mol. The Morgan fingerprint density at radius 3 is 3.00 bits per heavy atom. The number of hydrogen-bond acceptors (Lipinski definition) is 4. The Morgan fingerprint density at radius 2 is 2.31 bits per heavy atom. The van der Waals surface area contributed by atoms with Gasteiger partial charge in [0.1, 0.15) is 0 Å². The molecule has 1 heterocycles. The molecule has 94 valence electrons. The lowest BCUT2D eigenvalue weighted by Crippen LogP contribution is -2.40. The molecule has 0 aromatic carbocycles. The molecule has 0 amide bonds.